The van der Waals surface area contributed by atoms with Gasteiger partial charge in [0.2, 0.25) is 0 Å². The lowest BCUT2D eigenvalue weighted by Gasteiger charge is -2.29. The number of fused-ring (bicyclic) bond motifs is 1. The first-order chi connectivity index (χ1) is 27.1. The molecule has 55 heavy (non-hydrogen) atoms. The van der Waals surface area contributed by atoms with Crippen LogP contribution in [0.3, 0.4) is 0 Å². The lowest BCUT2D eigenvalue weighted by Crippen LogP contribution is -2.13. The normalized spacial score (nSPS) is 12.2. The van der Waals surface area contributed by atoms with Crippen molar-refractivity contribution in [3.63, 3.8) is 0 Å². The van der Waals surface area contributed by atoms with Crippen molar-refractivity contribution in [3.05, 3.63) is 244 Å². The van der Waals surface area contributed by atoms with Gasteiger partial charge >= 0.3 is 0 Å². The average Bonchev–Trinajstić information content (AvgIpc) is 3.24. The van der Waals surface area contributed by atoms with Crippen LogP contribution in [0, 0.1) is 13.8 Å². The number of allylic oxidation sites excluding steroid dienone is 2. The molecule has 1 aliphatic rings. The highest BCUT2D eigenvalue weighted by atomic mass is 15.1. The summed E-state index contributed by atoms with van der Waals surface area (Å²) in [5.74, 6) is 0. The van der Waals surface area contributed by atoms with E-state index in [-0.39, 0.29) is 0 Å². The van der Waals surface area contributed by atoms with Crippen LogP contribution in [0.1, 0.15) is 68.5 Å². The number of para-hydroxylation sites is 1. The fourth-order valence-electron chi connectivity index (χ4n) is 7.68. The fraction of sp³-hybridized carbons (Fsp3) is 0.111. The van der Waals surface area contributed by atoms with Gasteiger partial charge in [0.05, 0.1) is 5.69 Å². The molecule has 0 aliphatic heterocycles. The Morgan fingerprint density at radius 3 is 1.69 bits per heavy atom. The summed E-state index contributed by atoms with van der Waals surface area (Å²) < 4.78 is 0. The number of hydrogen-bond donors (Lipinski definition) is 0. The molecule has 0 spiro atoms. The lowest BCUT2D eigenvalue weighted by molar-refractivity contribution is 0.685. The molecule has 1 heteroatoms. The van der Waals surface area contributed by atoms with Gasteiger partial charge in [-0.25, -0.2) is 0 Å². The van der Waals surface area contributed by atoms with Crippen LogP contribution in [0.15, 0.2) is 188 Å². The first-order valence-electron chi connectivity index (χ1n) is 19.6. The van der Waals surface area contributed by atoms with Crippen LogP contribution in [0.25, 0.3) is 23.3 Å². The standard InChI is InChI=1S/C54H47N/c1-40-27-31-46(32-28-40)53(47-33-29-41(2)30-34-47)38-42-15-13-24-50(37-42)55(51-36-35-43-16-9-10-22-49(43)39-51)54-26-12-11-21-48(54)23-14-25-52(44-17-5-3-6-18-44)45-19-7-4-8-20-45/h3-8,11-15,17-21,23-39H,9-10,16,22H2,1-2H3. The summed E-state index contributed by atoms with van der Waals surface area (Å²) in [5.41, 5.74) is 18.4. The molecule has 0 amide bonds. The number of rotatable bonds is 10. The first-order valence-corrected chi connectivity index (χ1v) is 19.6. The zero-order valence-electron chi connectivity index (χ0n) is 31.8. The van der Waals surface area contributed by atoms with E-state index in [2.05, 4.69) is 219 Å². The second-order valence-electron chi connectivity index (χ2n) is 14.6. The van der Waals surface area contributed by atoms with Crippen LogP contribution in [0.4, 0.5) is 17.1 Å². The Balaban J connectivity index is 1.24. The second-order valence-corrected chi connectivity index (χ2v) is 14.6. The summed E-state index contributed by atoms with van der Waals surface area (Å²) in [6.45, 7) is 4.29. The Hall–Kier alpha value is -6.44. The van der Waals surface area contributed by atoms with Gasteiger partial charge in [0, 0.05) is 11.4 Å². The Labute approximate surface area is 327 Å². The third-order valence-electron chi connectivity index (χ3n) is 10.6. The molecule has 0 heterocycles. The smallest absolute Gasteiger partial charge is 0.0533 e. The van der Waals surface area contributed by atoms with Crippen LogP contribution in [0.5, 0.6) is 0 Å². The van der Waals surface area contributed by atoms with E-state index in [9.17, 15) is 0 Å². The number of anilines is 3. The van der Waals surface area contributed by atoms with E-state index in [1.54, 1.807) is 0 Å². The zero-order valence-corrected chi connectivity index (χ0v) is 31.8. The SMILES string of the molecule is Cc1ccc(C(=Cc2cccc(N(c3ccc4c(c3)CCCC4)c3ccccc3C=CC=C(c3ccccc3)c3ccccc3)c2)c2ccc(C)cc2)cc1. The molecule has 0 saturated heterocycles. The minimum Gasteiger partial charge on any atom is -0.310 e. The Morgan fingerprint density at radius 1 is 0.473 bits per heavy atom. The third kappa shape index (κ3) is 8.38. The maximum absolute atomic E-state index is 2.45. The molecule has 1 nitrogen and oxygen atoms in total. The van der Waals surface area contributed by atoms with E-state index in [0.29, 0.717) is 0 Å². The molecular weight excluding hydrogens is 663 g/mol. The van der Waals surface area contributed by atoms with Gasteiger partial charge in [0.25, 0.3) is 0 Å². The highest BCUT2D eigenvalue weighted by molar-refractivity contribution is 5.93. The van der Waals surface area contributed by atoms with Crippen LogP contribution in [-0.4, -0.2) is 0 Å². The lowest BCUT2D eigenvalue weighted by atomic mass is 9.91. The summed E-state index contributed by atoms with van der Waals surface area (Å²) in [6, 6.07) is 64.0. The average molecular weight is 710 g/mol. The second kappa shape index (κ2) is 16.7. The monoisotopic (exact) mass is 709 g/mol. The summed E-state index contributed by atoms with van der Waals surface area (Å²) in [5, 5.41) is 0. The van der Waals surface area contributed by atoms with E-state index < -0.39 is 0 Å². The van der Waals surface area contributed by atoms with Gasteiger partial charge in [-0.15, -0.1) is 0 Å². The van der Waals surface area contributed by atoms with E-state index in [1.807, 2.05) is 0 Å². The minimum atomic E-state index is 1.13. The highest BCUT2D eigenvalue weighted by Gasteiger charge is 2.18. The van der Waals surface area contributed by atoms with E-state index in [0.717, 1.165) is 35.3 Å². The summed E-state index contributed by atoms with van der Waals surface area (Å²) in [6.07, 6.45) is 13.8. The molecule has 8 rings (SSSR count). The number of nitrogens with zero attached hydrogens (tertiary/aromatic N) is 1. The third-order valence-corrected chi connectivity index (χ3v) is 10.6. The van der Waals surface area contributed by atoms with Crippen molar-refractivity contribution in [1.29, 1.82) is 0 Å². The molecule has 0 radical (unpaired) electrons. The van der Waals surface area contributed by atoms with Crippen molar-refractivity contribution in [1.82, 2.24) is 0 Å². The Kier molecular flexibility index (Phi) is 10.8. The van der Waals surface area contributed by atoms with Crippen molar-refractivity contribution in [2.24, 2.45) is 0 Å². The van der Waals surface area contributed by atoms with Crippen molar-refractivity contribution < 1.29 is 0 Å². The zero-order chi connectivity index (χ0) is 37.4. The molecule has 7 aromatic rings. The van der Waals surface area contributed by atoms with Crippen LogP contribution >= 0.6 is 0 Å². The van der Waals surface area contributed by atoms with E-state index in [4.69, 9.17) is 0 Å². The molecule has 268 valence electrons. The molecule has 0 atom stereocenters. The summed E-state index contributed by atoms with van der Waals surface area (Å²) in [7, 11) is 0. The van der Waals surface area contributed by atoms with Gasteiger partial charge in [-0.1, -0.05) is 175 Å². The van der Waals surface area contributed by atoms with Gasteiger partial charge < -0.3 is 4.90 Å². The molecule has 0 fully saturated rings. The number of aryl methyl sites for hydroxylation is 4. The van der Waals surface area contributed by atoms with Crippen molar-refractivity contribution in [3.8, 4) is 0 Å². The van der Waals surface area contributed by atoms with Crippen molar-refractivity contribution in [2.75, 3.05) is 4.90 Å². The maximum atomic E-state index is 2.45. The van der Waals surface area contributed by atoms with Gasteiger partial charge in [0.1, 0.15) is 0 Å². The predicted octanol–water partition coefficient (Wildman–Crippen LogP) is 14.4. The molecular formula is C54H47N. The van der Waals surface area contributed by atoms with E-state index in [1.165, 1.54) is 74.2 Å². The quantitative estimate of drug-likeness (QED) is 0.101. The van der Waals surface area contributed by atoms with Crippen molar-refractivity contribution in [2.45, 2.75) is 39.5 Å². The molecule has 7 aromatic carbocycles. The summed E-state index contributed by atoms with van der Waals surface area (Å²) in [4.78, 5) is 2.45. The molecule has 1 aliphatic carbocycles. The molecule has 0 unspecified atom stereocenters. The largest absolute Gasteiger partial charge is 0.310 e. The fourth-order valence-corrected chi connectivity index (χ4v) is 7.68. The molecule has 0 saturated carbocycles. The Bertz CT molecular complexity index is 2380. The minimum absolute atomic E-state index is 1.13. The van der Waals surface area contributed by atoms with Crippen LogP contribution < -0.4 is 4.90 Å². The maximum Gasteiger partial charge on any atom is 0.0533 e. The highest BCUT2D eigenvalue weighted by Crippen LogP contribution is 2.40. The first kappa shape index (κ1) is 35.6. The van der Waals surface area contributed by atoms with Gasteiger partial charge in [-0.3, -0.25) is 0 Å². The number of benzene rings is 7. The van der Waals surface area contributed by atoms with Gasteiger partial charge in [-0.05, 0) is 132 Å². The van der Waals surface area contributed by atoms with Crippen LogP contribution in [-0.2, 0) is 12.8 Å². The molecule has 0 aromatic heterocycles. The van der Waals surface area contributed by atoms with Gasteiger partial charge in [0.15, 0.2) is 0 Å². The molecule has 0 bridgehead atoms. The van der Waals surface area contributed by atoms with Gasteiger partial charge in [-0.2, -0.15) is 0 Å². The van der Waals surface area contributed by atoms with Crippen LogP contribution in [0.2, 0.25) is 0 Å². The van der Waals surface area contributed by atoms with Crippen molar-refractivity contribution >= 4 is 40.4 Å². The topological polar surface area (TPSA) is 3.24 Å². The molecule has 0 N–H and O–H groups in total. The Morgan fingerprint density at radius 2 is 1.04 bits per heavy atom. The van der Waals surface area contributed by atoms with E-state index >= 15 is 0 Å². The summed E-state index contributed by atoms with van der Waals surface area (Å²) >= 11 is 0. The predicted molar refractivity (Wildman–Crippen MR) is 236 cm³/mol. The number of hydrogen-bond acceptors (Lipinski definition) is 1.